The zero-order valence-corrected chi connectivity index (χ0v) is 14.7. The highest BCUT2D eigenvalue weighted by Crippen LogP contribution is 2.41. The first kappa shape index (κ1) is 17.0. The molecule has 3 nitrogen and oxygen atoms in total. The summed E-state index contributed by atoms with van der Waals surface area (Å²) < 4.78 is 0. The number of carbonyl (C=O) groups excluding carboxylic acids is 1. The van der Waals surface area contributed by atoms with Gasteiger partial charge >= 0.3 is 0 Å². The number of benzene rings is 1. The average molecular weight is 337 g/mol. The van der Waals surface area contributed by atoms with Crippen LogP contribution in [0.1, 0.15) is 44.0 Å². The lowest BCUT2D eigenvalue weighted by Gasteiger charge is -2.21. The predicted molar refractivity (Wildman–Crippen MR) is 95.9 cm³/mol. The number of carbonyl (C=O) groups is 1. The number of anilines is 1. The second kappa shape index (κ2) is 7.25. The monoisotopic (exact) mass is 336 g/mol. The Bertz CT molecular complexity index is 652. The van der Waals surface area contributed by atoms with Crippen LogP contribution in [0, 0.1) is 0 Å². The molecule has 0 radical (unpaired) electrons. The van der Waals surface area contributed by atoms with E-state index in [0.29, 0.717) is 16.3 Å². The molecular formula is C17H21ClN2OS. The normalized spacial score (nSPS) is 16.7. The largest absolute Gasteiger partial charge is 0.398 e. The summed E-state index contributed by atoms with van der Waals surface area (Å²) in [5.41, 5.74) is 8.02. The van der Waals surface area contributed by atoms with Crippen LogP contribution in [0.5, 0.6) is 0 Å². The fraction of sp³-hybridized carbons (Fsp3) is 0.353. The molecule has 1 aliphatic rings. The van der Waals surface area contributed by atoms with Gasteiger partial charge in [0.05, 0.1) is 5.03 Å². The molecule has 0 unspecified atom stereocenters. The molecule has 0 aliphatic carbocycles. The van der Waals surface area contributed by atoms with E-state index in [0.717, 1.165) is 24.4 Å². The number of unbranched alkanes of at least 4 members (excludes halogenated alkanes) is 1. The van der Waals surface area contributed by atoms with Gasteiger partial charge in [-0.25, -0.2) is 0 Å². The summed E-state index contributed by atoms with van der Waals surface area (Å²) in [5.74, 6) is -0.105. The second-order valence-corrected chi connectivity index (χ2v) is 7.00. The quantitative estimate of drug-likeness (QED) is 0.464. The Labute approximate surface area is 141 Å². The number of hydrogen-bond donors (Lipinski definition) is 1. The zero-order chi connectivity index (χ0) is 16.3. The van der Waals surface area contributed by atoms with E-state index in [9.17, 15) is 4.79 Å². The smallest absolute Gasteiger partial charge is 0.190 e. The molecule has 0 bridgehead atoms. The van der Waals surface area contributed by atoms with Crippen LogP contribution < -0.4 is 5.73 Å². The third-order valence-electron chi connectivity index (χ3n) is 3.71. The maximum Gasteiger partial charge on any atom is 0.190 e. The highest BCUT2D eigenvalue weighted by Gasteiger charge is 2.23. The molecule has 118 valence electrons. The van der Waals surface area contributed by atoms with E-state index in [1.807, 2.05) is 0 Å². The number of nitrogen functional groups attached to an aromatic ring is 1. The summed E-state index contributed by atoms with van der Waals surface area (Å²) >= 11 is 7.61. The van der Waals surface area contributed by atoms with Crippen molar-refractivity contribution in [2.24, 2.45) is 0 Å². The van der Waals surface area contributed by atoms with Gasteiger partial charge in [0.15, 0.2) is 5.78 Å². The Morgan fingerprint density at radius 3 is 2.82 bits per heavy atom. The van der Waals surface area contributed by atoms with Gasteiger partial charge in [0.2, 0.25) is 0 Å². The van der Waals surface area contributed by atoms with Gasteiger partial charge in [-0.05, 0) is 38.5 Å². The summed E-state index contributed by atoms with van der Waals surface area (Å²) in [7, 11) is 0. The number of allylic oxidation sites excluding steroid dienone is 3. The lowest BCUT2D eigenvalue weighted by atomic mass is 10.1. The first-order valence-electron chi connectivity index (χ1n) is 7.38. The minimum atomic E-state index is -0.105. The number of hydrogen-bond acceptors (Lipinski definition) is 4. The maximum absolute atomic E-state index is 12.5. The topological polar surface area (TPSA) is 46.3 Å². The summed E-state index contributed by atoms with van der Waals surface area (Å²) in [6.45, 7) is 7.27. The summed E-state index contributed by atoms with van der Waals surface area (Å²) in [6.07, 6.45) is 3.88. The van der Waals surface area contributed by atoms with Crippen LogP contribution in [0.4, 0.5) is 5.69 Å². The van der Waals surface area contributed by atoms with E-state index in [1.165, 1.54) is 10.6 Å². The van der Waals surface area contributed by atoms with E-state index in [1.54, 1.807) is 36.0 Å². The van der Waals surface area contributed by atoms with Gasteiger partial charge in [0, 0.05) is 39.5 Å². The maximum atomic E-state index is 12.5. The van der Waals surface area contributed by atoms with Crippen molar-refractivity contribution < 1.29 is 4.79 Å². The van der Waals surface area contributed by atoms with Crippen LogP contribution in [-0.4, -0.2) is 17.2 Å². The van der Waals surface area contributed by atoms with E-state index in [2.05, 4.69) is 25.7 Å². The molecule has 1 aliphatic heterocycles. The first-order chi connectivity index (χ1) is 10.4. The molecule has 1 aromatic rings. The highest BCUT2D eigenvalue weighted by atomic mass is 35.5. The second-order valence-electron chi connectivity index (χ2n) is 5.33. The molecule has 2 rings (SSSR count). The molecule has 0 saturated heterocycles. The van der Waals surface area contributed by atoms with E-state index in [-0.39, 0.29) is 5.78 Å². The Balaban J connectivity index is 2.27. The van der Waals surface area contributed by atoms with Crippen molar-refractivity contribution in [2.75, 3.05) is 12.3 Å². The van der Waals surface area contributed by atoms with Crippen molar-refractivity contribution in [3.63, 3.8) is 0 Å². The molecular weight excluding hydrogens is 316 g/mol. The van der Waals surface area contributed by atoms with Crippen molar-refractivity contribution in [3.8, 4) is 0 Å². The minimum Gasteiger partial charge on any atom is -0.398 e. The lowest BCUT2D eigenvalue weighted by molar-refractivity contribution is 0.104. The molecule has 22 heavy (non-hydrogen) atoms. The lowest BCUT2D eigenvalue weighted by Crippen LogP contribution is -2.18. The van der Waals surface area contributed by atoms with Crippen LogP contribution in [0.25, 0.3) is 0 Å². The van der Waals surface area contributed by atoms with Crippen molar-refractivity contribution in [1.29, 1.82) is 0 Å². The van der Waals surface area contributed by atoms with Crippen LogP contribution in [0.3, 0.4) is 0 Å². The molecule has 5 heteroatoms. The number of thioether (sulfide) groups is 1. The minimum absolute atomic E-state index is 0.105. The SMILES string of the molecule is CCCCN1C(=CC(=O)c2cc(Cl)ccc2N)SC(C)=C1C. The Kier molecular flexibility index (Phi) is 5.59. The molecule has 1 aromatic carbocycles. The third kappa shape index (κ3) is 3.68. The first-order valence-corrected chi connectivity index (χ1v) is 8.57. The predicted octanol–water partition coefficient (Wildman–Crippen LogP) is 5.05. The molecule has 0 saturated carbocycles. The zero-order valence-electron chi connectivity index (χ0n) is 13.1. The molecule has 1 heterocycles. The van der Waals surface area contributed by atoms with Crippen LogP contribution in [0.15, 0.2) is 39.9 Å². The van der Waals surface area contributed by atoms with Gasteiger partial charge in [-0.1, -0.05) is 36.7 Å². The third-order valence-corrected chi connectivity index (χ3v) is 5.09. The van der Waals surface area contributed by atoms with Gasteiger partial charge in [-0.15, -0.1) is 0 Å². The highest BCUT2D eigenvalue weighted by molar-refractivity contribution is 8.06. The van der Waals surface area contributed by atoms with Gasteiger partial charge in [0.1, 0.15) is 0 Å². The van der Waals surface area contributed by atoms with Crippen molar-refractivity contribution in [3.05, 3.63) is 50.5 Å². The fourth-order valence-electron chi connectivity index (χ4n) is 2.27. The number of ketones is 1. The summed E-state index contributed by atoms with van der Waals surface area (Å²) in [5, 5.41) is 1.48. The Morgan fingerprint density at radius 1 is 1.41 bits per heavy atom. The fourth-order valence-corrected chi connectivity index (χ4v) is 3.52. The van der Waals surface area contributed by atoms with Crippen molar-refractivity contribution in [2.45, 2.75) is 33.6 Å². The Morgan fingerprint density at radius 2 is 2.14 bits per heavy atom. The molecule has 0 aromatic heterocycles. The van der Waals surface area contributed by atoms with Gasteiger partial charge < -0.3 is 10.6 Å². The van der Waals surface area contributed by atoms with Gasteiger partial charge in [0.25, 0.3) is 0 Å². The van der Waals surface area contributed by atoms with E-state index < -0.39 is 0 Å². The van der Waals surface area contributed by atoms with Crippen LogP contribution in [0.2, 0.25) is 5.02 Å². The number of nitrogens with zero attached hydrogens (tertiary/aromatic N) is 1. The molecule has 0 amide bonds. The molecule has 0 fully saturated rings. The average Bonchev–Trinajstić information content (AvgIpc) is 2.74. The van der Waals surface area contributed by atoms with Gasteiger partial charge in [-0.2, -0.15) is 0 Å². The summed E-state index contributed by atoms with van der Waals surface area (Å²) in [6, 6.07) is 4.98. The standard InChI is InChI=1S/C17H21ClN2OS/c1-4-5-8-20-11(2)12(3)22-17(20)10-16(21)14-9-13(18)6-7-15(14)19/h6-7,9-10H,4-5,8,19H2,1-3H3. The van der Waals surface area contributed by atoms with E-state index >= 15 is 0 Å². The van der Waals surface area contributed by atoms with Gasteiger partial charge in [-0.3, -0.25) is 4.79 Å². The molecule has 2 N–H and O–H groups in total. The van der Waals surface area contributed by atoms with E-state index in [4.69, 9.17) is 17.3 Å². The van der Waals surface area contributed by atoms with Crippen molar-refractivity contribution in [1.82, 2.24) is 4.90 Å². The number of nitrogens with two attached hydrogens (primary N) is 1. The van der Waals surface area contributed by atoms with Crippen LogP contribution in [-0.2, 0) is 0 Å². The Hall–Kier alpha value is -1.39. The molecule has 0 atom stereocenters. The number of rotatable bonds is 5. The van der Waals surface area contributed by atoms with Crippen molar-refractivity contribution >= 4 is 34.8 Å². The number of halogens is 1. The summed E-state index contributed by atoms with van der Waals surface area (Å²) in [4.78, 5) is 16.0. The van der Waals surface area contributed by atoms with Crippen LogP contribution >= 0.6 is 23.4 Å². The molecule has 0 spiro atoms.